The number of carbonyl (C=O) groups excluding carboxylic acids is 1. The number of hydrogen-bond donors (Lipinski definition) is 1. The lowest BCUT2D eigenvalue weighted by Gasteiger charge is -2.28. The molecule has 1 amide bonds. The van der Waals surface area contributed by atoms with Crippen molar-refractivity contribution >= 4 is 45.0 Å². The molecule has 1 aliphatic rings. The third kappa shape index (κ3) is 5.39. The van der Waals surface area contributed by atoms with Gasteiger partial charge in [0.1, 0.15) is 0 Å². The van der Waals surface area contributed by atoms with Gasteiger partial charge >= 0.3 is 0 Å². The zero-order valence-corrected chi connectivity index (χ0v) is 18.2. The van der Waals surface area contributed by atoms with Gasteiger partial charge in [0.2, 0.25) is 11.8 Å². The molecule has 29 heavy (non-hydrogen) atoms. The summed E-state index contributed by atoms with van der Waals surface area (Å²) in [6.45, 7) is 2.21. The first-order valence-corrected chi connectivity index (χ1v) is 11.3. The first kappa shape index (κ1) is 20.0. The Bertz CT molecular complexity index is 971. The van der Waals surface area contributed by atoms with Crippen molar-refractivity contribution in [3.8, 4) is 11.5 Å². The van der Waals surface area contributed by atoms with Crippen molar-refractivity contribution in [1.82, 2.24) is 10.2 Å². The van der Waals surface area contributed by atoms with Crippen molar-refractivity contribution in [2.75, 3.05) is 29.1 Å². The minimum atomic E-state index is -0.108. The Kier molecular flexibility index (Phi) is 6.51. The van der Waals surface area contributed by atoms with E-state index in [4.69, 9.17) is 4.42 Å². The Morgan fingerprint density at radius 3 is 2.66 bits per heavy atom. The molecule has 0 saturated carbocycles. The normalized spacial score (nSPS) is 14.0. The molecule has 2 heterocycles. The maximum Gasteiger partial charge on any atom is 0.277 e. The first-order valence-electron chi connectivity index (χ1n) is 9.54. The van der Waals surface area contributed by atoms with E-state index in [0.717, 1.165) is 28.8 Å². The minimum Gasteiger partial charge on any atom is -0.411 e. The highest BCUT2D eigenvalue weighted by Crippen LogP contribution is 2.26. The molecule has 8 heteroatoms. The molecule has 150 valence electrons. The fraction of sp³-hybridized carbons (Fsp3) is 0.286. The monoisotopic (exact) mass is 472 g/mol. The molecule has 0 aliphatic carbocycles. The number of thioether (sulfide) groups is 1. The molecule has 0 atom stereocenters. The van der Waals surface area contributed by atoms with Gasteiger partial charge in [-0.25, -0.2) is 0 Å². The van der Waals surface area contributed by atoms with Gasteiger partial charge in [-0.1, -0.05) is 33.8 Å². The van der Waals surface area contributed by atoms with Crippen LogP contribution in [0.5, 0.6) is 0 Å². The molecule has 2 aromatic carbocycles. The summed E-state index contributed by atoms with van der Waals surface area (Å²) >= 11 is 4.64. The molecule has 1 aliphatic heterocycles. The van der Waals surface area contributed by atoms with E-state index >= 15 is 0 Å². The number of nitrogens with one attached hydrogen (secondary N) is 1. The number of benzene rings is 2. The Morgan fingerprint density at radius 1 is 1.10 bits per heavy atom. The SMILES string of the molecule is O=C(CSc1nnc(-c2cccc(Br)c2)o1)Nc1ccc(N2CCCCC2)cc1. The average Bonchev–Trinajstić information content (AvgIpc) is 3.23. The summed E-state index contributed by atoms with van der Waals surface area (Å²) in [5.41, 5.74) is 2.83. The van der Waals surface area contributed by atoms with Gasteiger partial charge in [0.15, 0.2) is 0 Å². The summed E-state index contributed by atoms with van der Waals surface area (Å²) < 4.78 is 6.58. The number of amides is 1. The first-order chi connectivity index (χ1) is 14.2. The van der Waals surface area contributed by atoms with Crippen LogP contribution >= 0.6 is 27.7 Å². The summed E-state index contributed by atoms with van der Waals surface area (Å²) in [4.78, 5) is 14.6. The van der Waals surface area contributed by atoms with Gasteiger partial charge in [-0.15, -0.1) is 10.2 Å². The molecule has 1 fully saturated rings. The molecule has 0 radical (unpaired) electrons. The summed E-state index contributed by atoms with van der Waals surface area (Å²) in [6.07, 6.45) is 3.80. The fourth-order valence-electron chi connectivity index (χ4n) is 3.24. The summed E-state index contributed by atoms with van der Waals surface area (Å²) in [7, 11) is 0. The number of carbonyl (C=O) groups is 1. The van der Waals surface area contributed by atoms with Gasteiger partial charge in [-0.3, -0.25) is 4.79 Å². The van der Waals surface area contributed by atoms with Crippen LogP contribution in [0.15, 0.2) is 62.6 Å². The molecule has 1 N–H and O–H groups in total. The Balaban J connectivity index is 1.29. The lowest BCUT2D eigenvalue weighted by molar-refractivity contribution is -0.113. The molecule has 1 aromatic heterocycles. The van der Waals surface area contributed by atoms with Gasteiger partial charge < -0.3 is 14.6 Å². The third-order valence-electron chi connectivity index (χ3n) is 4.68. The number of hydrogen-bond acceptors (Lipinski definition) is 6. The van der Waals surface area contributed by atoms with Gasteiger partial charge in [0.25, 0.3) is 5.22 Å². The van der Waals surface area contributed by atoms with Crippen LogP contribution in [0.2, 0.25) is 0 Å². The van der Waals surface area contributed by atoms with E-state index in [1.807, 2.05) is 36.4 Å². The van der Waals surface area contributed by atoms with Gasteiger partial charge in [0.05, 0.1) is 5.75 Å². The Morgan fingerprint density at radius 2 is 1.90 bits per heavy atom. The second-order valence-corrected chi connectivity index (χ2v) is 8.66. The highest BCUT2D eigenvalue weighted by Gasteiger charge is 2.13. The van der Waals surface area contributed by atoms with Crippen molar-refractivity contribution in [3.05, 3.63) is 53.0 Å². The summed E-state index contributed by atoms with van der Waals surface area (Å²) in [5, 5.41) is 11.3. The highest BCUT2D eigenvalue weighted by molar-refractivity contribution is 9.10. The van der Waals surface area contributed by atoms with Crippen LogP contribution in [-0.2, 0) is 4.79 Å². The van der Waals surface area contributed by atoms with E-state index in [2.05, 4.69) is 48.5 Å². The van der Waals surface area contributed by atoms with Crippen LogP contribution < -0.4 is 10.2 Å². The van der Waals surface area contributed by atoms with Crippen LogP contribution in [0.4, 0.5) is 11.4 Å². The number of aromatic nitrogens is 2. The largest absolute Gasteiger partial charge is 0.411 e. The predicted molar refractivity (Wildman–Crippen MR) is 119 cm³/mol. The van der Waals surface area contributed by atoms with Crippen LogP contribution in [0.1, 0.15) is 19.3 Å². The molecule has 4 rings (SSSR count). The molecule has 0 bridgehead atoms. The lowest BCUT2D eigenvalue weighted by Crippen LogP contribution is -2.29. The maximum absolute atomic E-state index is 12.3. The molecule has 0 unspecified atom stereocenters. The Labute approximate surface area is 182 Å². The highest BCUT2D eigenvalue weighted by atomic mass is 79.9. The number of nitrogens with zero attached hydrogens (tertiary/aromatic N) is 3. The van der Waals surface area contributed by atoms with Crippen LogP contribution in [-0.4, -0.2) is 34.9 Å². The number of rotatable bonds is 6. The van der Waals surface area contributed by atoms with E-state index < -0.39 is 0 Å². The molecule has 6 nitrogen and oxygen atoms in total. The van der Waals surface area contributed by atoms with E-state index in [0.29, 0.717) is 11.1 Å². The summed E-state index contributed by atoms with van der Waals surface area (Å²) in [5.74, 6) is 0.527. The third-order valence-corrected chi connectivity index (χ3v) is 5.99. The topological polar surface area (TPSA) is 71.3 Å². The quantitative estimate of drug-likeness (QED) is 0.495. The van der Waals surface area contributed by atoms with Gasteiger partial charge in [-0.05, 0) is 61.7 Å². The molecule has 3 aromatic rings. The molecular weight excluding hydrogens is 452 g/mol. The van der Waals surface area contributed by atoms with Crippen LogP contribution in [0, 0.1) is 0 Å². The predicted octanol–water partition coefficient (Wildman–Crippen LogP) is 5.22. The number of anilines is 2. The number of piperidine rings is 1. The zero-order valence-electron chi connectivity index (χ0n) is 15.8. The Hall–Kier alpha value is -2.32. The van der Waals surface area contributed by atoms with Crippen molar-refractivity contribution in [3.63, 3.8) is 0 Å². The van der Waals surface area contributed by atoms with Crippen molar-refractivity contribution in [1.29, 1.82) is 0 Å². The van der Waals surface area contributed by atoms with Crippen molar-refractivity contribution < 1.29 is 9.21 Å². The zero-order chi connectivity index (χ0) is 20.1. The maximum atomic E-state index is 12.3. The summed E-state index contributed by atoms with van der Waals surface area (Å²) in [6, 6.07) is 15.7. The van der Waals surface area contributed by atoms with Gasteiger partial charge in [-0.2, -0.15) is 0 Å². The van der Waals surface area contributed by atoms with E-state index in [1.54, 1.807) is 0 Å². The lowest BCUT2D eigenvalue weighted by atomic mass is 10.1. The minimum absolute atomic E-state index is 0.108. The van der Waals surface area contributed by atoms with Crippen molar-refractivity contribution in [2.24, 2.45) is 0 Å². The second kappa shape index (κ2) is 9.45. The molecular formula is C21H21BrN4O2S. The standard InChI is InChI=1S/C21H21BrN4O2S/c22-16-6-4-5-15(13-16)20-24-25-21(28-20)29-14-19(27)23-17-7-9-18(10-8-17)26-11-2-1-3-12-26/h4-10,13H,1-3,11-12,14H2,(H,23,27). The van der Waals surface area contributed by atoms with E-state index in [-0.39, 0.29) is 11.7 Å². The molecule has 0 spiro atoms. The van der Waals surface area contributed by atoms with Gasteiger partial charge in [0, 0.05) is 34.5 Å². The van der Waals surface area contributed by atoms with E-state index in [1.165, 1.54) is 36.7 Å². The van der Waals surface area contributed by atoms with E-state index in [9.17, 15) is 4.79 Å². The fourth-order valence-corrected chi connectivity index (χ4v) is 4.20. The van der Waals surface area contributed by atoms with Crippen LogP contribution in [0.3, 0.4) is 0 Å². The number of halogens is 1. The second-order valence-electron chi connectivity index (χ2n) is 6.81. The van der Waals surface area contributed by atoms with Crippen molar-refractivity contribution in [2.45, 2.75) is 24.5 Å². The average molecular weight is 473 g/mol. The molecule has 1 saturated heterocycles. The van der Waals surface area contributed by atoms with Crippen LogP contribution in [0.25, 0.3) is 11.5 Å². The smallest absolute Gasteiger partial charge is 0.277 e.